The molecule has 0 aliphatic carbocycles. The van der Waals surface area contributed by atoms with Gasteiger partial charge >= 0.3 is 5.97 Å². The minimum absolute atomic E-state index is 0.0687. The zero-order valence-electron chi connectivity index (χ0n) is 12.7. The summed E-state index contributed by atoms with van der Waals surface area (Å²) in [6.07, 6.45) is 0.794. The van der Waals surface area contributed by atoms with Crippen LogP contribution in [-0.2, 0) is 16.0 Å². The number of aliphatic hydroxyl groups is 2. The molecular formula is C16H25NO4. The van der Waals surface area contributed by atoms with Crippen molar-refractivity contribution in [1.29, 1.82) is 0 Å². The summed E-state index contributed by atoms with van der Waals surface area (Å²) < 4.78 is 4.67. The highest BCUT2D eigenvalue weighted by Crippen LogP contribution is 2.20. The van der Waals surface area contributed by atoms with Gasteiger partial charge in [-0.1, -0.05) is 31.2 Å². The Morgan fingerprint density at radius 1 is 1.33 bits per heavy atom. The molecule has 0 aromatic heterocycles. The Hall–Kier alpha value is -1.43. The quantitative estimate of drug-likeness (QED) is 0.471. The van der Waals surface area contributed by atoms with Crippen molar-refractivity contribution in [2.24, 2.45) is 0 Å². The molecule has 0 aliphatic heterocycles. The molecule has 0 amide bonds. The van der Waals surface area contributed by atoms with Crippen LogP contribution in [0.1, 0.15) is 37.0 Å². The van der Waals surface area contributed by atoms with E-state index in [1.165, 1.54) is 12.7 Å². The number of hydrogen-bond donors (Lipinski definition) is 3. The number of carbonyl (C=O) groups excluding carboxylic acids is 1. The number of esters is 1. The highest BCUT2D eigenvalue weighted by Gasteiger charge is 2.23. The molecule has 0 spiro atoms. The molecule has 1 aromatic carbocycles. The van der Waals surface area contributed by atoms with Crippen LogP contribution < -0.4 is 5.32 Å². The lowest BCUT2D eigenvalue weighted by atomic mass is 9.98. The fourth-order valence-electron chi connectivity index (χ4n) is 2.11. The van der Waals surface area contributed by atoms with Crippen LogP contribution in [-0.4, -0.2) is 42.5 Å². The third-order valence-electron chi connectivity index (χ3n) is 3.47. The van der Waals surface area contributed by atoms with Crippen LogP contribution in [0.5, 0.6) is 0 Å². The van der Waals surface area contributed by atoms with Gasteiger partial charge in [0.15, 0.2) is 0 Å². The van der Waals surface area contributed by atoms with Crippen molar-refractivity contribution >= 4 is 5.97 Å². The number of benzene rings is 1. The molecule has 118 valence electrons. The van der Waals surface area contributed by atoms with Crippen LogP contribution in [0.3, 0.4) is 0 Å². The zero-order valence-corrected chi connectivity index (χ0v) is 12.7. The van der Waals surface area contributed by atoms with E-state index in [0.717, 1.165) is 12.0 Å². The van der Waals surface area contributed by atoms with Gasteiger partial charge in [0.1, 0.15) is 0 Å². The monoisotopic (exact) mass is 295 g/mol. The molecule has 1 rings (SSSR count). The van der Waals surface area contributed by atoms with Gasteiger partial charge in [0.05, 0.1) is 19.6 Å². The zero-order chi connectivity index (χ0) is 15.7. The number of nitrogens with one attached hydrogen (secondary N) is 1. The van der Waals surface area contributed by atoms with Crippen LogP contribution in [0.25, 0.3) is 0 Å². The second-order valence-corrected chi connectivity index (χ2v) is 4.96. The minimum Gasteiger partial charge on any atom is -0.469 e. The van der Waals surface area contributed by atoms with Gasteiger partial charge in [-0.25, -0.2) is 0 Å². The highest BCUT2D eigenvalue weighted by atomic mass is 16.5. The molecule has 0 radical (unpaired) electrons. The highest BCUT2D eigenvalue weighted by molar-refractivity contribution is 5.70. The van der Waals surface area contributed by atoms with Gasteiger partial charge in [0.2, 0.25) is 0 Å². The fourth-order valence-corrected chi connectivity index (χ4v) is 2.11. The van der Waals surface area contributed by atoms with Gasteiger partial charge in [0.25, 0.3) is 0 Å². The molecule has 5 nitrogen and oxygen atoms in total. The maximum absolute atomic E-state index is 11.5. The summed E-state index contributed by atoms with van der Waals surface area (Å²) in [6, 6.07) is 7.27. The topological polar surface area (TPSA) is 78.8 Å². The summed E-state index contributed by atoms with van der Waals surface area (Å²) in [7, 11) is 1.33. The third kappa shape index (κ3) is 5.83. The van der Waals surface area contributed by atoms with Crippen LogP contribution in [0.4, 0.5) is 0 Å². The van der Waals surface area contributed by atoms with E-state index < -0.39 is 12.1 Å². The first kappa shape index (κ1) is 17.6. The lowest BCUT2D eigenvalue weighted by Crippen LogP contribution is -2.38. The predicted molar refractivity (Wildman–Crippen MR) is 80.9 cm³/mol. The van der Waals surface area contributed by atoms with Crippen LogP contribution >= 0.6 is 0 Å². The molecule has 3 N–H and O–H groups in total. The second-order valence-electron chi connectivity index (χ2n) is 4.96. The molecular weight excluding hydrogens is 270 g/mol. The van der Waals surface area contributed by atoms with Crippen LogP contribution in [0.2, 0.25) is 0 Å². The summed E-state index contributed by atoms with van der Waals surface area (Å²) in [5.41, 5.74) is 1.96. The lowest BCUT2D eigenvalue weighted by Gasteiger charge is -2.24. The van der Waals surface area contributed by atoms with Crippen LogP contribution in [0.15, 0.2) is 24.3 Å². The predicted octanol–water partition coefficient (Wildman–Crippen LogP) is 1.19. The van der Waals surface area contributed by atoms with Crippen molar-refractivity contribution in [3.05, 3.63) is 35.4 Å². The first-order chi connectivity index (χ1) is 10.1. The van der Waals surface area contributed by atoms with E-state index in [1.54, 1.807) is 0 Å². The molecule has 0 aliphatic rings. The van der Waals surface area contributed by atoms with Gasteiger partial charge in [-0.05, 0) is 30.5 Å². The molecule has 5 heteroatoms. The van der Waals surface area contributed by atoms with E-state index in [-0.39, 0.29) is 19.0 Å². The molecule has 0 heterocycles. The normalized spacial score (nSPS) is 13.7. The van der Waals surface area contributed by atoms with Crippen molar-refractivity contribution in [1.82, 2.24) is 5.32 Å². The van der Waals surface area contributed by atoms with E-state index in [9.17, 15) is 9.90 Å². The van der Waals surface area contributed by atoms with E-state index in [4.69, 9.17) is 5.11 Å². The van der Waals surface area contributed by atoms with E-state index in [1.807, 2.05) is 24.3 Å². The first-order valence-corrected chi connectivity index (χ1v) is 7.30. The number of methoxy groups -OCH3 is 1. The standard InChI is InChI=1S/C16H25NO4/c1-3-12-5-7-13(8-6-12)16(20)14(11-15(19)21-2)17-9-4-10-18/h5-8,14,16-18,20H,3-4,9-11H2,1-2H3. The average molecular weight is 295 g/mol. The largest absolute Gasteiger partial charge is 0.469 e. The molecule has 0 bridgehead atoms. The van der Waals surface area contributed by atoms with Gasteiger partial charge in [-0.15, -0.1) is 0 Å². The van der Waals surface area contributed by atoms with Gasteiger partial charge in [-0.3, -0.25) is 4.79 Å². The number of aliphatic hydroxyl groups excluding tert-OH is 2. The molecule has 2 atom stereocenters. The molecule has 0 fully saturated rings. The van der Waals surface area contributed by atoms with E-state index >= 15 is 0 Å². The van der Waals surface area contributed by atoms with Crippen molar-refractivity contribution in [3.8, 4) is 0 Å². The number of aryl methyl sites for hydroxylation is 1. The molecule has 0 saturated carbocycles. The number of carbonyl (C=O) groups is 1. The summed E-state index contributed by atoms with van der Waals surface area (Å²) >= 11 is 0. The lowest BCUT2D eigenvalue weighted by molar-refractivity contribution is -0.142. The van der Waals surface area contributed by atoms with E-state index in [2.05, 4.69) is 17.0 Å². The fraction of sp³-hybridized carbons (Fsp3) is 0.562. The number of hydrogen-bond acceptors (Lipinski definition) is 5. The first-order valence-electron chi connectivity index (χ1n) is 7.30. The SMILES string of the molecule is CCc1ccc(C(O)C(CC(=O)OC)NCCCO)cc1. The average Bonchev–Trinajstić information content (AvgIpc) is 2.53. The summed E-state index contributed by atoms with van der Waals surface area (Å²) in [4.78, 5) is 11.5. The smallest absolute Gasteiger partial charge is 0.307 e. The Morgan fingerprint density at radius 3 is 2.52 bits per heavy atom. The maximum Gasteiger partial charge on any atom is 0.307 e. The second kappa shape index (κ2) is 9.50. The van der Waals surface area contributed by atoms with Crippen molar-refractivity contribution < 1.29 is 19.7 Å². The maximum atomic E-state index is 11.5. The Kier molecular flexibility index (Phi) is 7.97. The van der Waals surface area contributed by atoms with Crippen molar-refractivity contribution in [2.45, 2.75) is 38.3 Å². The van der Waals surface area contributed by atoms with Gasteiger partial charge < -0.3 is 20.3 Å². The van der Waals surface area contributed by atoms with Gasteiger partial charge in [-0.2, -0.15) is 0 Å². The molecule has 0 saturated heterocycles. The number of rotatable bonds is 9. The van der Waals surface area contributed by atoms with E-state index in [0.29, 0.717) is 13.0 Å². The van der Waals surface area contributed by atoms with Crippen molar-refractivity contribution in [3.63, 3.8) is 0 Å². The molecule has 21 heavy (non-hydrogen) atoms. The summed E-state index contributed by atoms with van der Waals surface area (Å²) in [5.74, 6) is -0.374. The Labute approximate surface area is 125 Å². The Balaban J connectivity index is 2.75. The van der Waals surface area contributed by atoms with Crippen molar-refractivity contribution in [2.75, 3.05) is 20.3 Å². The third-order valence-corrected chi connectivity index (χ3v) is 3.47. The molecule has 2 unspecified atom stereocenters. The van der Waals surface area contributed by atoms with Crippen LogP contribution in [0, 0.1) is 0 Å². The summed E-state index contributed by atoms with van der Waals surface area (Å²) in [5, 5.41) is 22.4. The Morgan fingerprint density at radius 2 is 2.00 bits per heavy atom. The summed E-state index contributed by atoms with van der Waals surface area (Å²) in [6.45, 7) is 2.67. The Bertz CT molecular complexity index is 419. The number of ether oxygens (including phenoxy) is 1. The molecule has 1 aromatic rings. The minimum atomic E-state index is -0.798. The van der Waals surface area contributed by atoms with Gasteiger partial charge in [0, 0.05) is 12.6 Å².